The fraction of sp³-hybridized carbons (Fsp3) is 0.102. The first kappa shape index (κ1) is 89.3. The Kier molecular flexibility index (Phi) is 25.7. The normalized spacial score (nSPS) is 12.4. The molecule has 638 valence electrons. The van der Waals surface area contributed by atoms with Gasteiger partial charge >= 0.3 is 7.12 Å². The van der Waals surface area contributed by atoms with Gasteiger partial charge in [0.1, 0.15) is 0 Å². The van der Waals surface area contributed by atoms with E-state index in [1.54, 1.807) is 6.92 Å². The molecular formula is C127H78BClN6O2. The number of nitrogens with zero attached hydrogens (tertiary/aromatic N) is 6. The molecule has 21 rings (SSSR count). The van der Waals surface area contributed by atoms with Crippen molar-refractivity contribution in [1.82, 2.24) is 29.9 Å². The molecule has 1 aliphatic heterocycles. The predicted molar refractivity (Wildman–Crippen MR) is 565 cm³/mol. The maximum Gasteiger partial charge on any atom is 0.494 e. The summed E-state index contributed by atoms with van der Waals surface area (Å²) in [6, 6.07) is 107. The zero-order valence-electron chi connectivity index (χ0n) is 76.4. The quantitative estimate of drug-likeness (QED) is 0.0923. The monoisotopic (exact) mass is 1760 g/mol. The first-order chi connectivity index (χ1) is 66.9. The van der Waals surface area contributed by atoms with Crippen LogP contribution in [0.3, 0.4) is 0 Å². The van der Waals surface area contributed by atoms with Gasteiger partial charge in [-0.2, -0.15) is 9.97 Å². The second-order valence-corrected chi connectivity index (χ2v) is 34.6. The zero-order chi connectivity index (χ0) is 94.5. The highest BCUT2D eigenvalue weighted by atomic mass is 35.5. The van der Waals surface area contributed by atoms with E-state index in [2.05, 4.69) is 436 Å². The molecule has 3 aliphatic rings. The van der Waals surface area contributed by atoms with Crippen molar-refractivity contribution in [2.45, 2.75) is 84.3 Å². The van der Waals surface area contributed by atoms with Crippen molar-refractivity contribution < 1.29 is 9.31 Å². The lowest BCUT2D eigenvalue weighted by Gasteiger charge is -2.32. The van der Waals surface area contributed by atoms with Crippen molar-refractivity contribution >= 4 is 110 Å². The number of benzene rings is 16. The largest absolute Gasteiger partial charge is 0.494 e. The van der Waals surface area contributed by atoms with E-state index in [1.807, 2.05) is 97.1 Å². The summed E-state index contributed by atoms with van der Waals surface area (Å²) >= 11 is 5.99. The second-order valence-electron chi connectivity index (χ2n) is 34.2. The van der Waals surface area contributed by atoms with E-state index in [4.69, 9.17) is 42.3 Å². The highest BCUT2D eigenvalue weighted by Crippen LogP contribution is 2.59. The summed E-state index contributed by atoms with van der Waals surface area (Å²) in [5.74, 6) is 70.1. The Bertz CT molecular complexity index is 8920. The summed E-state index contributed by atoms with van der Waals surface area (Å²) in [5.41, 5.74) is 15.3. The van der Waals surface area contributed by atoms with E-state index >= 15 is 0 Å². The molecule has 8 nitrogen and oxygen atoms in total. The molecule has 3 heterocycles. The summed E-state index contributed by atoms with van der Waals surface area (Å²) in [6.45, 7) is 19.7. The molecule has 0 amide bonds. The van der Waals surface area contributed by atoms with Gasteiger partial charge in [0.2, 0.25) is 5.28 Å². The summed E-state index contributed by atoms with van der Waals surface area (Å²) in [7, 11) is -0.381. The number of fused-ring (bicyclic) bond motifs is 26. The van der Waals surface area contributed by atoms with Gasteiger partial charge in [-0.25, -0.2) is 19.9 Å². The number of terminal acetylenes is 1. The molecule has 0 saturated carbocycles. The van der Waals surface area contributed by atoms with Gasteiger partial charge in [-0.1, -0.05) is 331 Å². The Balaban J connectivity index is 0.000000128. The summed E-state index contributed by atoms with van der Waals surface area (Å²) < 4.78 is 13.0. The SMILES string of the molecule is C#CC#CC#CC#CC#CC#CC#CC#CC#CC#CC#CC#CC#CC#CC.CC1(C)c2cc(-c3nc(-c4ccccc4)nc(-c4ccccc4)n3)ccc2-c2c1c1c3ccccc3c3ccccc3c1c1ccccc21.CC1(C)c2cc(B3OC(C)(C)C(C)(C)O3)ccc2-c2c1c1c3ccccc3c3ccccc3c1c1ccccc21.Clc1nc(-c2ccccc2)nc(-c2ccccc2)n1. The van der Waals surface area contributed by atoms with Gasteiger partial charge in [0.05, 0.1) is 11.2 Å². The van der Waals surface area contributed by atoms with E-state index < -0.39 is 0 Å². The van der Waals surface area contributed by atoms with Crippen LogP contribution in [0.25, 0.3) is 165 Å². The van der Waals surface area contributed by atoms with Gasteiger partial charge < -0.3 is 9.31 Å². The smallest absolute Gasteiger partial charge is 0.399 e. The maximum atomic E-state index is 6.48. The molecule has 0 bridgehead atoms. The standard InChI is InChI=1S/C46H31N3.C37H33BO2.C29H4.C15H10ClN3/c1-46(2)38-27-30(45-48-43(28-15-5-3-6-16-28)47-44(49-45)29-17-7-4-8-18-29)25-26-37(38)40-36-24-14-13-23-35(36)39-33-21-11-9-19-31(33)32-20-10-12-22-34(32)41(39)42(40)46;1-35(2)30-21-22(38-39-36(3,4)37(5,6)40-38)19-20-29(30)32-28-18-12-11-17-27(28)31-25-15-9-7-13-23(25)24-14-8-10-16-26(24)33(31)34(32)35;1-3-5-7-9-11-13-15-17-19-21-23-25-27-29-28-26-24-22-20-18-16-14-12-10-8-6-4-2;16-15-18-13(11-7-3-1-4-8-11)17-14(19-15)12-9-5-2-6-10-12/h3-27H,1-2H3;7-21H,1-6H3;1H,2H3;1-10H. The minimum Gasteiger partial charge on any atom is -0.399 e. The molecule has 1 saturated heterocycles. The lowest BCUT2D eigenvalue weighted by molar-refractivity contribution is 0.00578. The van der Waals surface area contributed by atoms with Gasteiger partial charge in [0.15, 0.2) is 29.1 Å². The van der Waals surface area contributed by atoms with Crippen molar-refractivity contribution in [3.8, 4) is 245 Å². The molecule has 2 aromatic heterocycles. The third kappa shape index (κ3) is 18.2. The summed E-state index contributed by atoms with van der Waals surface area (Å²) in [6.07, 6.45) is 4.92. The molecule has 2 aliphatic carbocycles. The number of hydrogen-bond acceptors (Lipinski definition) is 8. The molecule has 10 heteroatoms. The molecule has 18 aromatic rings. The number of halogens is 1. The summed E-state index contributed by atoms with van der Waals surface area (Å²) in [5, 5.41) is 21.3. The van der Waals surface area contributed by atoms with E-state index in [1.165, 1.54) is 131 Å². The van der Waals surface area contributed by atoms with E-state index in [0.29, 0.717) is 29.1 Å². The molecule has 0 atom stereocenters. The van der Waals surface area contributed by atoms with Crippen LogP contribution in [0.2, 0.25) is 5.28 Å². The lowest BCUT2D eigenvalue weighted by Crippen LogP contribution is -2.41. The third-order valence-corrected chi connectivity index (χ3v) is 25.0. The van der Waals surface area contributed by atoms with Crippen molar-refractivity contribution in [2.75, 3.05) is 0 Å². The Hall–Kier alpha value is -18.3. The highest BCUT2D eigenvalue weighted by Gasteiger charge is 2.52. The third-order valence-electron chi connectivity index (χ3n) is 24.8. The maximum absolute atomic E-state index is 6.48. The lowest BCUT2D eigenvalue weighted by atomic mass is 9.73. The van der Waals surface area contributed by atoms with Crippen molar-refractivity contribution in [2.24, 2.45) is 0 Å². The fourth-order valence-corrected chi connectivity index (χ4v) is 18.3. The van der Waals surface area contributed by atoms with Crippen molar-refractivity contribution in [3.05, 3.63) is 331 Å². The zero-order valence-corrected chi connectivity index (χ0v) is 77.2. The molecule has 0 spiro atoms. The van der Waals surface area contributed by atoms with Crippen LogP contribution in [0.1, 0.15) is 84.6 Å². The van der Waals surface area contributed by atoms with Gasteiger partial charge in [-0.15, -0.1) is 6.42 Å². The number of rotatable bonds is 6. The Morgan fingerprint density at radius 1 is 0.255 bits per heavy atom. The molecule has 0 radical (unpaired) electrons. The first-order valence-corrected chi connectivity index (χ1v) is 44.8. The molecule has 16 aromatic carbocycles. The van der Waals surface area contributed by atoms with E-state index in [9.17, 15) is 0 Å². The van der Waals surface area contributed by atoms with Gasteiger partial charge in [0.25, 0.3) is 0 Å². The first-order valence-electron chi connectivity index (χ1n) is 44.4. The van der Waals surface area contributed by atoms with Gasteiger partial charge in [-0.3, -0.25) is 0 Å². The minimum absolute atomic E-state index is 0.202. The Morgan fingerprint density at radius 3 is 0.818 bits per heavy atom. The van der Waals surface area contributed by atoms with Crippen LogP contribution >= 0.6 is 11.6 Å². The fourth-order valence-electron chi connectivity index (χ4n) is 18.2. The number of aromatic nitrogens is 6. The average Bonchev–Trinajstić information content (AvgIpc) is 1.52. The van der Waals surface area contributed by atoms with Crippen LogP contribution < -0.4 is 5.46 Å². The molecule has 137 heavy (non-hydrogen) atoms. The predicted octanol–water partition coefficient (Wildman–Crippen LogP) is 25.2. The van der Waals surface area contributed by atoms with Crippen LogP contribution in [0.4, 0.5) is 0 Å². The molecule has 0 N–H and O–H groups in total. The van der Waals surface area contributed by atoms with Crippen LogP contribution in [0, 0.1) is 166 Å². The number of hydrogen-bond donors (Lipinski definition) is 0. The molecule has 1 fully saturated rings. The van der Waals surface area contributed by atoms with Crippen LogP contribution in [0.15, 0.2) is 303 Å². The minimum atomic E-state index is -0.381. The van der Waals surface area contributed by atoms with E-state index in [-0.39, 0.29) is 34.4 Å². The van der Waals surface area contributed by atoms with Gasteiger partial charge in [-0.05, 0) is 283 Å². The Labute approximate surface area is 804 Å². The average molecular weight is 1770 g/mol. The van der Waals surface area contributed by atoms with Crippen LogP contribution in [0.5, 0.6) is 0 Å². The van der Waals surface area contributed by atoms with Crippen molar-refractivity contribution in [1.29, 1.82) is 0 Å². The van der Waals surface area contributed by atoms with Gasteiger partial charge in [0, 0.05) is 97.9 Å². The van der Waals surface area contributed by atoms with E-state index in [0.717, 1.165) is 33.3 Å². The van der Waals surface area contributed by atoms with Crippen molar-refractivity contribution in [3.63, 3.8) is 0 Å². The molecule has 0 unspecified atom stereocenters. The summed E-state index contributed by atoms with van der Waals surface area (Å²) in [4.78, 5) is 27.9. The topological polar surface area (TPSA) is 95.8 Å². The van der Waals surface area contributed by atoms with Crippen LogP contribution in [-0.2, 0) is 20.1 Å². The molecular weight excluding hydrogens is 1690 g/mol. The van der Waals surface area contributed by atoms with Crippen LogP contribution in [-0.4, -0.2) is 48.2 Å². The Morgan fingerprint density at radius 2 is 0.504 bits per heavy atom. The second kappa shape index (κ2) is 39.4. The highest BCUT2D eigenvalue weighted by molar-refractivity contribution is 6.62.